The maximum atomic E-state index is 11.7. The van der Waals surface area contributed by atoms with E-state index in [-0.39, 0.29) is 5.78 Å². The van der Waals surface area contributed by atoms with Crippen molar-refractivity contribution in [2.45, 2.75) is 46.5 Å². The minimum atomic E-state index is 0.270. The van der Waals surface area contributed by atoms with Crippen LogP contribution in [0.1, 0.15) is 46.5 Å². The zero-order valence-corrected chi connectivity index (χ0v) is 10.7. The van der Waals surface area contributed by atoms with Crippen LogP contribution in [0.25, 0.3) is 0 Å². The van der Waals surface area contributed by atoms with Gasteiger partial charge in [0, 0.05) is 6.42 Å². The summed E-state index contributed by atoms with van der Waals surface area (Å²) in [7, 11) is 0. The molecule has 1 nitrogen and oxygen atoms in total. The lowest BCUT2D eigenvalue weighted by Gasteiger charge is -2.34. The lowest BCUT2D eigenvalue weighted by Crippen LogP contribution is -2.28. The average Bonchev–Trinajstić information content (AvgIpc) is 2.58. The monoisotopic (exact) mass is 218 g/mol. The molecular formula is C15H22O. The maximum Gasteiger partial charge on any atom is 0.158 e. The Labute approximate surface area is 98.3 Å². The standard InChI is InChI=1S/C15H22O/c1-9(2)13(16)5-6-14(3)10-7-11-12(8-10)15(11,14)4/h10-12H,1,5-8H2,2-4H3. The second-order valence-electron chi connectivity index (χ2n) is 6.78. The van der Waals surface area contributed by atoms with Crippen LogP contribution in [-0.2, 0) is 4.79 Å². The molecule has 0 aromatic rings. The minimum absolute atomic E-state index is 0.270. The van der Waals surface area contributed by atoms with Crippen molar-refractivity contribution in [1.82, 2.24) is 0 Å². The van der Waals surface area contributed by atoms with Crippen molar-refractivity contribution in [1.29, 1.82) is 0 Å². The molecule has 4 rings (SSSR count). The summed E-state index contributed by atoms with van der Waals surface area (Å²) in [5.41, 5.74) is 1.77. The van der Waals surface area contributed by atoms with Gasteiger partial charge in [0.25, 0.3) is 0 Å². The smallest absolute Gasteiger partial charge is 0.158 e. The van der Waals surface area contributed by atoms with Gasteiger partial charge in [-0.1, -0.05) is 20.4 Å². The van der Waals surface area contributed by atoms with E-state index in [1.165, 1.54) is 12.8 Å². The Morgan fingerprint density at radius 1 is 1.31 bits per heavy atom. The van der Waals surface area contributed by atoms with Gasteiger partial charge in [0.1, 0.15) is 0 Å². The molecule has 4 aliphatic rings. The molecule has 0 aromatic heterocycles. The van der Waals surface area contributed by atoms with Crippen LogP contribution in [0, 0.1) is 28.6 Å². The largest absolute Gasteiger partial charge is 0.295 e. The molecular weight excluding hydrogens is 196 g/mol. The van der Waals surface area contributed by atoms with Crippen molar-refractivity contribution in [2.24, 2.45) is 28.6 Å². The highest BCUT2D eigenvalue weighted by Crippen LogP contribution is 2.87. The number of ketones is 1. The van der Waals surface area contributed by atoms with E-state index >= 15 is 0 Å². The van der Waals surface area contributed by atoms with E-state index in [0.717, 1.165) is 36.2 Å². The summed E-state index contributed by atoms with van der Waals surface area (Å²) in [4.78, 5) is 11.7. The number of Topliss-reactive ketones (excluding diaryl/α,β-unsaturated/α-hetero) is 1. The lowest BCUT2D eigenvalue weighted by atomic mass is 9.70. The number of carbonyl (C=O) groups is 1. The predicted molar refractivity (Wildman–Crippen MR) is 65.0 cm³/mol. The second kappa shape index (κ2) is 2.80. The summed E-state index contributed by atoms with van der Waals surface area (Å²) in [5.74, 6) is 3.18. The molecule has 0 spiro atoms. The summed E-state index contributed by atoms with van der Waals surface area (Å²) in [6.07, 6.45) is 4.70. The first-order valence-electron chi connectivity index (χ1n) is 6.60. The Morgan fingerprint density at radius 3 is 2.25 bits per heavy atom. The van der Waals surface area contributed by atoms with E-state index in [1.807, 2.05) is 6.92 Å². The van der Waals surface area contributed by atoms with Gasteiger partial charge in [0.2, 0.25) is 0 Å². The molecule has 0 saturated heterocycles. The zero-order chi connectivity index (χ0) is 11.7. The summed E-state index contributed by atoms with van der Waals surface area (Å²) >= 11 is 0. The lowest BCUT2D eigenvalue weighted by molar-refractivity contribution is -0.116. The van der Waals surface area contributed by atoms with Gasteiger partial charge in [-0.2, -0.15) is 0 Å². The van der Waals surface area contributed by atoms with Crippen molar-refractivity contribution >= 4 is 5.78 Å². The third-order valence-electron chi connectivity index (χ3n) is 6.47. The van der Waals surface area contributed by atoms with Crippen molar-refractivity contribution in [2.75, 3.05) is 0 Å². The van der Waals surface area contributed by atoms with Crippen LogP contribution in [0.5, 0.6) is 0 Å². The van der Waals surface area contributed by atoms with Crippen LogP contribution in [0.15, 0.2) is 12.2 Å². The average molecular weight is 218 g/mol. The van der Waals surface area contributed by atoms with Gasteiger partial charge in [0.15, 0.2) is 5.78 Å². The fourth-order valence-electron chi connectivity index (χ4n) is 5.09. The number of hydrogen-bond donors (Lipinski definition) is 0. The van der Waals surface area contributed by atoms with Gasteiger partial charge in [-0.25, -0.2) is 0 Å². The van der Waals surface area contributed by atoms with Crippen molar-refractivity contribution in [3.05, 3.63) is 12.2 Å². The first-order chi connectivity index (χ1) is 7.41. The normalized spacial score (nSPS) is 51.8. The summed E-state index contributed by atoms with van der Waals surface area (Å²) in [6, 6.07) is 0. The zero-order valence-electron chi connectivity index (χ0n) is 10.7. The highest BCUT2D eigenvalue weighted by atomic mass is 16.1. The first-order valence-corrected chi connectivity index (χ1v) is 6.60. The van der Waals surface area contributed by atoms with E-state index < -0.39 is 0 Å². The Kier molecular flexibility index (Phi) is 1.85. The van der Waals surface area contributed by atoms with Gasteiger partial charge in [-0.05, 0) is 60.3 Å². The highest BCUT2D eigenvalue weighted by molar-refractivity contribution is 5.94. The minimum Gasteiger partial charge on any atom is -0.295 e. The third-order valence-corrected chi connectivity index (χ3v) is 6.47. The summed E-state index contributed by atoms with van der Waals surface area (Å²) in [6.45, 7) is 10.5. The van der Waals surface area contributed by atoms with Crippen LogP contribution in [-0.4, -0.2) is 5.78 Å². The maximum absolute atomic E-state index is 11.7. The van der Waals surface area contributed by atoms with Crippen molar-refractivity contribution in [3.63, 3.8) is 0 Å². The molecule has 3 atom stereocenters. The fourth-order valence-corrected chi connectivity index (χ4v) is 5.09. The van der Waals surface area contributed by atoms with Crippen molar-refractivity contribution in [3.8, 4) is 0 Å². The van der Waals surface area contributed by atoms with Gasteiger partial charge >= 0.3 is 0 Å². The third kappa shape index (κ3) is 0.959. The molecule has 16 heavy (non-hydrogen) atoms. The van der Waals surface area contributed by atoms with E-state index in [9.17, 15) is 4.79 Å². The molecule has 4 aliphatic carbocycles. The molecule has 88 valence electrons. The molecule has 4 fully saturated rings. The van der Waals surface area contributed by atoms with Crippen LogP contribution in [0.4, 0.5) is 0 Å². The summed E-state index contributed by atoms with van der Waals surface area (Å²) in [5, 5.41) is 0. The van der Waals surface area contributed by atoms with Gasteiger partial charge in [-0.15, -0.1) is 0 Å². The SMILES string of the molecule is C=C(C)C(=O)CCC1(C)C2CC3C(C2)C31C. The van der Waals surface area contributed by atoms with Crippen LogP contribution in [0.2, 0.25) is 0 Å². The number of hydrogen-bond acceptors (Lipinski definition) is 1. The Balaban J connectivity index is 1.72. The second-order valence-corrected chi connectivity index (χ2v) is 6.78. The molecule has 0 radical (unpaired) electrons. The quantitative estimate of drug-likeness (QED) is 0.659. The number of rotatable bonds is 4. The topological polar surface area (TPSA) is 17.1 Å². The first kappa shape index (κ1) is 10.6. The van der Waals surface area contributed by atoms with E-state index in [1.54, 1.807) is 0 Å². The summed E-state index contributed by atoms with van der Waals surface area (Å²) < 4.78 is 0. The molecule has 0 aromatic carbocycles. The molecule has 1 heteroatoms. The molecule has 4 bridgehead atoms. The van der Waals surface area contributed by atoms with Crippen LogP contribution in [0.3, 0.4) is 0 Å². The van der Waals surface area contributed by atoms with Crippen molar-refractivity contribution < 1.29 is 4.79 Å². The van der Waals surface area contributed by atoms with E-state index in [0.29, 0.717) is 10.8 Å². The molecule has 0 N–H and O–H groups in total. The number of carbonyl (C=O) groups excluding carboxylic acids is 1. The Bertz CT molecular complexity index is 369. The Hall–Kier alpha value is -0.590. The molecule has 3 unspecified atom stereocenters. The van der Waals surface area contributed by atoms with E-state index in [4.69, 9.17) is 0 Å². The highest BCUT2D eigenvalue weighted by Gasteiger charge is 2.80. The molecule has 0 amide bonds. The number of allylic oxidation sites excluding steroid dienone is 1. The fraction of sp³-hybridized carbons (Fsp3) is 0.800. The van der Waals surface area contributed by atoms with E-state index in [2.05, 4.69) is 20.4 Å². The van der Waals surface area contributed by atoms with Crippen LogP contribution >= 0.6 is 0 Å². The van der Waals surface area contributed by atoms with Gasteiger partial charge < -0.3 is 0 Å². The molecule has 0 aliphatic heterocycles. The van der Waals surface area contributed by atoms with Crippen LogP contribution < -0.4 is 0 Å². The van der Waals surface area contributed by atoms with Gasteiger partial charge in [0.05, 0.1) is 0 Å². The predicted octanol–water partition coefficient (Wildman–Crippen LogP) is 3.59. The Morgan fingerprint density at radius 2 is 1.88 bits per heavy atom. The molecule has 0 heterocycles. The molecule has 4 saturated carbocycles. The van der Waals surface area contributed by atoms with Gasteiger partial charge in [-0.3, -0.25) is 4.79 Å².